The fourth-order valence-corrected chi connectivity index (χ4v) is 4.47. The SMILES string of the molecule is CC(C)NCC1(CN(C)C2CCCCC2)CCCCCC1. The van der Waals surface area contributed by atoms with Gasteiger partial charge in [-0.1, -0.05) is 58.8 Å². The maximum absolute atomic E-state index is 3.77. The first-order valence-electron chi connectivity index (χ1n) is 9.55. The fourth-order valence-electron chi connectivity index (χ4n) is 4.47. The van der Waals surface area contributed by atoms with Gasteiger partial charge in [0.25, 0.3) is 0 Å². The topological polar surface area (TPSA) is 15.3 Å². The van der Waals surface area contributed by atoms with E-state index in [2.05, 4.69) is 31.1 Å². The first-order valence-corrected chi connectivity index (χ1v) is 9.55. The summed E-state index contributed by atoms with van der Waals surface area (Å²) in [4.78, 5) is 2.73. The average Bonchev–Trinajstić information content (AvgIpc) is 2.72. The molecule has 0 atom stereocenters. The summed E-state index contributed by atoms with van der Waals surface area (Å²) in [6, 6.07) is 1.48. The number of hydrogen-bond donors (Lipinski definition) is 1. The van der Waals surface area contributed by atoms with Gasteiger partial charge in [0, 0.05) is 25.2 Å². The molecule has 2 heteroatoms. The Hall–Kier alpha value is -0.0800. The second kappa shape index (κ2) is 8.53. The molecule has 0 heterocycles. The normalized spacial score (nSPS) is 24.4. The monoisotopic (exact) mass is 294 g/mol. The van der Waals surface area contributed by atoms with E-state index in [0.29, 0.717) is 11.5 Å². The maximum Gasteiger partial charge on any atom is 0.00924 e. The predicted octanol–water partition coefficient (Wildman–Crippen LogP) is 4.59. The highest BCUT2D eigenvalue weighted by Gasteiger charge is 2.33. The van der Waals surface area contributed by atoms with Gasteiger partial charge in [0.05, 0.1) is 0 Å². The van der Waals surface area contributed by atoms with Crippen LogP contribution in [-0.4, -0.2) is 37.1 Å². The number of hydrogen-bond acceptors (Lipinski definition) is 2. The van der Waals surface area contributed by atoms with Crippen molar-refractivity contribution in [2.45, 2.75) is 96.6 Å². The summed E-state index contributed by atoms with van der Waals surface area (Å²) >= 11 is 0. The summed E-state index contributed by atoms with van der Waals surface area (Å²) in [5, 5.41) is 3.77. The minimum atomic E-state index is 0.535. The molecule has 2 aliphatic rings. The number of nitrogens with zero attached hydrogens (tertiary/aromatic N) is 1. The van der Waals surface area contributed by atoms with Gasteiger partial charge in [0.1, 0.15) is 0 Å². The quantitative estimate of drug-likeness (QED) is 0.721. The molecule has 1 N–H and O–H groups in total. The zero-order valence-corrected chi connectivity index (χ0v) is 14.8. The van der Waals surface area contributed by atoms with Gasteiger partial charge in [0.15, 0.2) is 0 Å². The van der Waals surface area contributed by atoms with Crippen LogP contribution in [0.4, 0.5) is 0 Å². The van der Waals surface area contributed by atoms with E-state index in [0.717, 1.165) is 6.04 Å². The molecular formula is C19H38N2. The molecule has 0 aromatic carbocycles. The molecule has 0 amide bonds. The molecule has 2 nitrogen and oxygen atoms in total. The first kappa shape index (κ1) is 17.3. The zero-order valence-electron chi connectivity index (χ0n) is 14.8. The predicted molar refractivity (Wildman–Crippen MR) is 92.8 cm³/mol. The van der Waals surface area contributed by atoms with Crippen molar-refractivity contribution in [3.05, 3.63) is 0 Å². The van der Waals surface area contributed by atoms with Crippen LogP contribution in [-0.2, 0) is 0 Å². The van der Waals surface area contributed by atoms with Crippen molar-refractivity contribution in [2.75, 3.05) is 20.1 Å². The molecule has 0 aromatic heterocycles. The third-order valence-electron chi connectivity index (χ3n) is 5.83. The maximum atomic E-state index is 3.77. The average molecular weight is 295 g/mol. The Morgan fingerprint density at radius 3 is 2.10 bits per heavy atom. The second-order valence-corrected chi connectivity index (χ2v) is 8.16. The molecule has 0 spiro atoms. The molecule has 124 valence electrons. The van der Waals surface area contributed by atoms with Crippen molar-refractivity contribution in [3.8, 4) is 0 Å². The molecule has 0 aliphatic heterocycles. The molecule has 0 unspecified atom stereocenters. The van der Waals surface area contributed by atoms with Crippen LogP contribution in [0, 0.1) is 5.41 Å². The van der Waals surface area contributed by atoms with Crippen LogP contribution in [0.1, 0.15) is 84.5 Å². The Kier molecular flexibility index (Phi) is 7.01. The molecule has 2 rings (SSSR count). The summed E-state index contributed by atoms with van der Waals surface area (Å²) in [5.41, 5.74) is 0.535. The van der Waals surface area contributed by atoms with Crippen molar-refractivity contribution in [3.63, 3.8) is 0 Å². The molecule has 0 radical (unpaired) electrons. The van der Waals surface area contributed by atoms with Crippen molar-refractivity contribution in [1.29, 1.82) is 0 Å². The summed E-state index contributed by atoms with van der Waals surface area (Å²) in [5.74, 6) is 0. The van der Waals surface area contributed by atoms with Crippen LogP contribution >= 0.6 is 0 Å². The Bertz CT molecular complexity index is 273. The van der Waals surface area contributed by atoms with Gasteiger partial charge in [-0.2, -0.15) is 0 Å². The highest BCUT2D eigenvalue weighted by molar-refractivity contribution is 4.89. The van der Waals surface area contributed by atoms with Gasteiger partial charge in [-0.05, 0) is 38.1 Å². The van der Waals surface area contributed by atoms with Crippen molar-refractivity contribution < 1.29 is 0 Å². The third-order valence-corrected chi connectivity index (χ3v) is 5.83. The van der Waals surface area contributed by atoms with Gasteiger partial charge < -0.3 is 10.2 Å². The van der Waals surface area contributed by atoms with Crippen LogP contribution in [0.15, 0.2) is 0 Å². The number of rotatable bonds is 6. The van der Waals surface area contributed by atoms with Crippen LogP contribution in [0.25, 0.3) is 0 Å². The van der Waals surface area contributed by atoms with E-state index in [1.54, 1.807) is 0 Å². The van der Waals surface area contributed by atoms with Gasteiger partial charge in [-0.3, -0.25) is 0 Å². The van der Waals surface area contributed by atoms with Crippen LogP contribution in [0.3, 0.4) is 0 Å². The van der Waals surface area contributed by atoms with E-state index in [9.17, 15) is 0 Å². The molecule has 2 fully saturated rings. The molecule has 0 saturated heterocycles. The van der Waals surface area contributed by atoms with E-state index in [1.807, 2.05) is 0 Å². The van der Waals surface area contributed by atoms with Crippen LogP contribution in [0.2, 0.25) is 0 Å². The lowest BCUT2D eigenvalue weighted by Crippen LogP contribution is -2.47. The van der Waals surface area contributed by atoms with E-state index in [1.165, 1.54) is 83.7 Å². The van der Waals surface area contributed by atoms with E-state index >= 15 is 0 Å². The van der Waals surface area contributed by atoms with Crippen molar-refractivity contribution in [1.82, 2.24) is 10.2 Å². The van der Waals surface area contributed by atoms with Gasteiger partial charge >= 0.3 is 0 Å². The molecule has 2 aliphatic carbocycles. The Morgan fingerprint density at radius 1 is 0.952 bits per heavy atom. The lowest BCUT2D eigenvalue weighted by Gasteiger charge is -2.41. The van der Waals surface area contributed by atoms with E-state index in [-0.39, 0.29) is 0 Å². The summed E-state index contributed by atoms with van der Waals surface area (Å²) in [7, 11) is 2.40. The zero-order chi connectivity index (χ0) is 15.1. The van der Waals surface area contributed by atoms with Gasteiger partial charge in [-0.25, -0.2) is 0 Å². The lowest BCUT2D eigenvalue weighted by molar-refractivity contribution is 0.0960. The fraction of sp³-hybridized carbons (Fsp3) is 1.00. The van der Waals surface area contributed by atoms with Crippen LogP contribution < -0.4 is 5.32 Å². The van der Waals surface area contributed by atoms with E-state index < -0.39 is 0 Å². The smallest absolute Gasteiger partial charge is 0.00924 e. The van der Waals surface area contributed by atoms with E-state index in [4.69, 9.17) is 0 Å². The summed E-state index contributed by atoms with van der Waals surface area (Å²) < 4.78 is 0. The summed E-state index contributed by atoms with van der Waals surface area (Å²) in [6.45, 7) is 7.11. The standard InChI is InChI=1S/C19H38N2/c1-17(2)20-15-19(13-9-4-5-10-14-19)16-21(3)18-11-7-6-8-12-18/h17-18,20H,4-16H2,1-3H3. The molecular weight excluding hydrogens is 256 g/mol. The Balaban J connectivity index is 1.95. The van der Waals surface area contributed by atoms with Crippen molar-refractivity contribution in [2.24, 2.45) is 5.41 Å². The largest absolute Gasteiger partial charge is 0.314 e. The van der Waals surface area contributed by atoms with Crippen LogP contribution in [0.5, 0.6) is 0 Å². The molecule has 2 saturated carbocycles. The summed E-state index contributed by atoms with van der Waals surface area (Å²) in [6.07, 6.45) is 15.9. The van der Waals surface area contributed by atoms with Gasteiger partial charge in [0.2, 0.25) is 0 Å². The second-order valence-electron chi connectivity index (χ2n) is 8.16. The first-order chi connectivity index (χ1) is 10.1. The Morgan fingerprint density at radius 2 is 1.52 bits per heavy atom. The highest BCUT2D eigenvalue weighted by Crippen LogP contribution is 2.36. The Labute approximate surface area is 133 Å². The molecule has 21 heavy (non-hydrogen) atoms. The third kappa shape index (κ3) is 5.56. The van der Waals surface area contributed by atoms with Crippen molar-refractivity contribution >= 4 is 0 Å². The minimum Gasteiger partial charge on any atom is -0.314 e. The molecule has 0 aromatic rings. The minimum absolute atomic E-state index is 0.535. The van der Waals surface area contributed by atoms with Gasteiger partial charge in [-0.15, -0.1) is 0 Å². The lowest BCUT2D eigenvalue weighted by atomic mass is 9.78. The number of nitrogens with one attached hydrogen (secondary N) is 1. The molecule has 0 bridgehead atoms. The highest BCUT2D eigenvalue weighted by atomic mass is 15.1.